The van der Waals surface area contributed by atoms with Crippen molar-refractivity contribution in [2.75, 3.05) is 5.32 Å². The average molecular weight is 373 g/mol. The summed E-state index contributed by atoms with van der Waals surface area (Å²) >= 11 is 3.36. The molecular formula is C18H17BrN2O2. The van der Waals surface area contributed by atoms with Crippen LogP contribution in [0.1, 0.15) is 21.6 Å². The third-order valence-corrected chi connectivity index (χ3v) is 4.60. The summed E-state index contributed by atoms with van der Waals surface area (Å²) in [6.07, 6.45) is 0. The molecule has 0 bridgehead atoms. The van der Waals surface area contributed by atoms with E-state index in [0.29, 0.717) is 5.56 Å². The normalized spacial score (nSPS) is 11.0. The number of aromatic nitrogens is 1. The maximum atomic E-state index is 12.4. The highest BCUT2D eigenvalue weighted by Gasteiger charge is 2.13. The first-order chi connectivity index (χ1) is 11.0. The van der Waals surface area contributed by atoms with Gasteiger partial charge in [-0.2, -0.15) is 0 Å². The Morgan fingerprint density at radius 3 is 2.57 bits per heavy atom. The molecule has 0 radical (unpaired) electrons. The second-order valence-electron chi connectivity index (χ2n) is 5.49. The van der Waals surface area contributed by atoms with Gasteiger partial charge < -0.3 is 15.0 Å². The number of hydrogen-bond donors (Lipinski definition) is 2. The van der Waals surface area contributed by atoms with E-state index in [0.717, 1.165) is 32.3 Å². The Hall–Kier alpha value is -2.11. The molecule has 23 heavy (non-hydrogen) atoms. The van der Waals surface area contributed by atoms with Gasteiger partial charge in [-0.1, -0.05) is 22.0 Å². The monoisotopic (exact) mass is 372 g/mol. The fourth-order valence-corrected chi connectivity index (χ4v) is 3.05. The molecule has 3 aromatic rings. The lowest BCUT2D eigenvalue weighted by Gasteiger charge is -2.11. The van der Waals surface area contributed by atoms with E-state index in [1.165, 1.54) is 0 Å². The van der Waals surface area contributed by atoms with Crippen LogP contribution in [0.15, 0.2) is 46.9 Å². The van der Waals surface area contributed by atoms with E-state index in [2.05, 4.69) is 21.2 Å². The maximum absolute atomic E-state index is 12.4. The molecule has 1 aromatic heterocycles. The van der Waals surface area contributed by atoms with E-state index in [-0.39, 0.29) is 12.5 Å². The number of carbonyl (C=O) groups is 1. The van der Waals surface area contributed by atoms with Gasteiger partial charge in [-0.25, -0.2) is 0 Å². The van der Waals surface area contributed by atoms with E-state index in [1.807, 2.05) is 48.9 Å². The van der Waals surface area contributed by atoms with E-state index >= 15 is 0 Å². The minimum absolute atomic E-state index is 0.00872. The number of aryl methyl sites for hydroxylation is 2. The lowest BCUT2D eigenvalue weighted by Crippen LogP contribution is -2.13. The van der Waals surface area contributed by atoms with Gasteiger partial charge in [0.1, 0.15) is 0 Å². The number of benzene rings is 2. The molecule has 1 heterocycles. The number of rotatable bonds is 3. The van der Waals surface area contributed by atoms with E-state index in [4.69, 9.17) is 0 Å². The number of carbonyl (C=O) groups excluding carboxylic acids is 1. The molecule has 0 unspecified atom stereocenters. The number of anilines is 1. The van der Waals surface area contributed by atoms with Crippen LogP contribution in [0.3, 0.4) is 0 Å². The van der Waals surface area contributed by atoms with Crippen LogP contribution >= 0.6 is 15.9 Å². The summed E-state index contributed by atoms with van der Waals surface area (Å²) in [7, 11) is 1.92. The van der Waals surface area contributed by atoms with Crippen molar-refractivity contribution in [3.05, 3.63) is 63.8 Å². The first-order valence-corrected chi connectivity index (χ1v) is 8.06. The molecule has 0 atom stereocenters. The summed E-state index contributed by atoms with van der Waals surface area (Å²) in [5.41, 5.74) is 4.23. The molecule has 0 aliphatic rings. The summed E-state index contributed by atoms with van der Waals surface area (Å²) in [4.78, 5) is 12.4. The van der Waals surface area contributed by atoms with E-state index in [1.54, 1.807) is 12.1 Å². The Balaban J connectivity index is 1.97. The van der Waals surface area contributed by atoms with Crippen molar-refractivity contribution in [1.82, 2.24) is 4.57 Å². The molecule has 4 nitrogen and oxygen atoms in total. The smallest absolute Gasteiger partial charge is 0.255 e. The van der Waals surface area contributed by atoms with Gasteiger partial charge in [-0.3, -0.25) is 4.79 Å². The van der Waals surface area contributed by atoms with Crippen molar-refractivity contribution in [2.45, 2.75) is 13.5 Å². The zero-order chi connectivity index (χ0) is 16.6. The number of fused-ring (bicyclic) bond motifs is 1. The van der Waals surface area contributed by atoms with Crippen LogP contribution in [-0.2, 0) is 13.7 Å². The molecule has 0 saturated heterocycles. The molecule has 2 aromatic carbocycles. The Morgan fingerprint density at radius 1 is 1.22 bits per heavy atom. The lowest BCUT2D eigenvalue weighted by atomic mass is 10.1. The third kappa shape index (κ3) is 2.90. The number of aliphatic hydroxyl groups excluding tert-OH is 1. The van der Waals surface area contributed by atoms with Gasteiger partial charge in [0.25, 0.3) is 5.91 Å². The van der Waals surface area contributed by atoms with Crippen LogP contribution in [0.4, 0.5) is 5.69 Å². The summed E-state index contributed by atoms with van der Waals surface area (Å²) in [5.74, 6) is -0.142. The largest absolute Gasteiger partial charge is 0.390 e. The second kappa shape index (κ2) is 6.18. The number of nitrogens with zero attached hydrogens (tertiary/aromatic N) is 1. The van der Waals surface area contributed by atoms with Crippen LogP contribution in [0.5, 0.6) is 0 Å². The van der Waals surface area contributed by atoms with Gasteiger partial charge >= 0.3 is 0 Å². The van der Waals surface area contributed by atoms with Crippen LogP contribution in [0.2, 0.25) is 0 Å². The molecule has 3 rings (SSSR count). The van der Waals surface area contributed by atoms with Crippen molar-refractivity contribution < 1.29 is 9.90 Å². The van der Waals surface area contributed by atoms with Crippen molar-refractivity contribution in [2.24, 2.45) is 7.05 Å². The average Bonchev–Trinajstić information content (AvgIpc) is 2.87. The molecule has 5 heteroatoms. The third-order valence-electron chi connectivity index (χ3n) is 4.07. The molecule has 2 N–H and O–H groups in total. The highest BCUT2D eigenvalue weighted by Crippen LogP contribution is 2.28. The van der Waals surface area contributed by atoms with Gasteiger partial charge in [0.15, 0.2) is 0 Å². The molecule has 0 spiro atoms. The van der Waals surface area contributed by atoms with Crippen molar-refractivity contribution in [3.8, 4) is 0 Å². The van der Waals surface area contributed by atoms with Gasteiger partial charge in [-0.15, -0.1) is 0 Å². The molecular weight excluding hydrogens is 356 g/mol. The number of hydrogen-bond acceptors (Lipinski definition) is 2. The predicted molar refractivity (Wildman–Crippen MR) is 95.7 cm³/mol. The quantitative estimate of drug-likeness (QED) is 0.729. The first kappa shape index (κ1) is 15.8. The van der Waals surface area contributed by atoms with Gasteiger partial charge in [0.2, 0.25) is 0 Å². The number of halogens is 1. The number of nitrogens with one attached hydrogen (secondary N) is 1. The van der Waals surface area contributed by atoms with E-state index in [9.17, 15) is 9.90 Å². The summed E-state index contributed by atoms with van der Waals surface area (Å²) < 4.78 is 2.90. The Morgan fingerprint density at radius 2 is 1.91 bits per heavy atom. The fraction of sp³-hybridized carbons (Fsp3) is 0.167. The molecule has 118 valence electrons. The standard InChI is InChI=1S/C18H17BrN2O2/c1-11-16(20-18(23)12-3-6-14(19)7-4-12)8-5-13-9-15(10-22)21(2)17(11)13/h3-9,22H,10H2,1-2H3,(H,20,23). The molecule has 0 aliphatic carbocycles. The topological polar surface area (TPSA) is 54.3 Å². The molecule has 0 fully saturated rings. The Kier molecular flexibility index (Phi) is 4.24. The zero-order valence-electron chi connectivity index (χ0n) is 12.9. The predicted octanol–water partition coefficient (Wildman–Crippen LogP) is 3.99. The van der Waals surface area contributed by atoms with Crippen LogP contribution < -0.4 is 5.32 Å². The maximum Gasteiger partial charge on any atom is 0.255 e. The lowest BCUT2D eigenvalue weighted by molar-refractivity contribution is 0.102. The minimum Gasteiger partial charge on any atom is -0.390 e. The van der Waals surface area contributed by atoms with E-state index < -0.39 is 0 Å². The molecule has 0 aliphatic heterocycles. The van der Waals surface area contributed by atoms with Crippen LogP contribution in [-0.4, -0.2) is 15.6 Å². The summed E-state index contributed by atoms with van der Waals surface area (Å²) in [6, 6.07) is 13.1. The molecule has 0 saturated carbocycles. The minimum atomic E-state index is -0.142. The van der Waals surface area contributed by atoms with Gasteiger partial charge in [-0.05, 0) is 48.9 Å². The van der Waals surface area contributed by atoms with Gasteiger partial charge in [0.05, 0.1) is 12.1 Å². The zero-order valence-corrected chi connectivity index (χ0v) is 14.5. The molecule has 1 amide bonds. The fourth-order valence-electron chi connectivity index (χ4n) is 2.79. The Bertz CT molecular complexity index is 882. The second-order valence-corrected chi connectivity index (χ2v) is 6.41. The summed E-state index contributed by atoms with van der Waals surface area (Å²) in [6.45, 7) is 1.96. The summed E-state index contributed by atoms with van der Waals surface area (Å²) in [5, 5.41) is 13.4. The van der Waals surface area contributed by atoms with Gasteiger partial charge in [0, 0.05) is 33.9 Å². The Labute approximate surface area is 142 Å². The first-order valence-electron chi connectivity index (χ1n) is 7.27. The van der Waals surface area contributed by atoms with Crippen molar-refractivity contribution in [1.29, 1.82) is 0 Å². The highest BCUT2D eigenvalue weighted by atomic mass is 79.9. The van der Waals surface area contributed by atoms with Crippen LogP contribution in [0, 0.1) is 6.92 Å². The number of aliphatic hydroxyl groups is 1. The number of amides is 1. The highest BCUT2D eigenvalue weighted by molar-refractivity contribution is 9.10. The van der Waals surface area contributed by atoms with Crippen molar-refractivity contribution in [3.63, 3.8) is 0 Å². The SMILES string of the molecule is Cc1c(NC(=O)c2ccc(Br)cc2)ccc2cc(CO)n(C)c12. The van der Waals surface area contributed by atoms with Crippen molar-refractivity contribution >= 4 is 38.4 Å². The van der Waals surface area contributed by atoms with Crippen LogP contribution in [0.25, 0.3) is 10.9 Å².